The van der Waals surface area contributed by atoms with Gasteiger partial charge in [-0.25, -0.2) is 0 Å². The van der Waals surface area contributed by atoms with Crippen molar-refractivity contribution in [3.05, 3.63) is 28.3 Å². The second kappa shape index (κ2) is 8.28. The third kappa shape index (κ3) is 5.11. The summed E-state index contributed by atoms with van der Waals surface area (Å²) in [7, 11) is 3.17. The maximum atomic E-state index is 10.7. The number of non-ortho nitro benzene ring substituents is 1. The summed E-state index contributed by atoms with van der Waals surface area (Å²) >= 11 is 0. The van der Waals surface area contributed by atoms with Gasteiger partial charge in [0.05, 0.1) is 23.8 Å². The molecule has 0 heterocycles. The molecule has 1 aromatic carbocycles. The second-order valence-corrected chi connectivity index (χ2v) is 3.70. The molecule has 0 aliphatic heterocycles. The maximum Gasteiger partial charge on any atom is 0.271 e. The minimum Gasteiger partial charge on any atom is -0.489 e. The first-order valence-electron chi connectivity index (χ1n) is 5.82. The number of methoxy groups -OCH3 is 2. The summed E-state index contributed by atoms with van der Waals surface area (Å²) in [5.74, 6) is 0.554. The van der Waals surface area contributed by atoms with Gasteiger partial charge in [0.15, 0.2) is 0 Å². The van der Waals surface area contributed by atoms with Crippen LogP contribution in [0.15, 0.2) is 18.2 Å². The third-order valence-corrected chi connectivity index (χ3v) is 2.34. The van der Waals surface area contributed by atoms with Crippen molar-refractivity contribution in [2.75, 3.05) is 45.9 Å². The second-order valence-electron chi connectivity index (χ2n) is 3.70. The minimum absolute atomic E-state index is 0.0130. The molecule has 0 radical (unpaired) electrons. The summed E-state index contributed by atoms with van der Waals surface area (Å²) in [5, 5.41) is 13.8. The van der Waals surface area contributed by atoms with Crippen LogP contribution in [0.3, 0.4) is 0 Å². The molecule has 0 saturated heterocycles. The lowest BCUT2D eigenvalue weighted by molar-refractivity contribution is -0.384. The number of ether oxygens (including phenoxy) is 3. The predicted molar refractivity (Wildman–Crippen MR) is 70.8 cm³/mol. The summed E-state index contributed by atoms with van der Waals surface area (Å²) in [4.78, 5) is 10.3. The fourth-order valence-electron chi connectivity index (χ4n) is 1.42. The van der Waals surface area contributed by atoms with Crippen molar-refractivity contribution in [2.24, 2.45) is 0 Å². The normalized spacial score (nSPS) is 10.2. The molecular formula is C12H18N2O5. The van der Waals surface area contributed by atoms with Gasteiger partial charge >= 0.3 is 0 Å². The molecule has 0 spiro atoms. The summed E-state index contributed by atoms with van der Waals surface area (Å²) in [6, 6.07) is 4.42. The number of anilines is 1. The molecule has 0 amide bonds. The highest BCUT2D eigenvalue weighted by atomic mass is 16.6. The molecule has 19 heavy (non-hydrogen) atoms. The first-order chi connectivity index (χ1) is 9.19. The van der Waals surface area contributed by atoms with Crippen LogP contribution in [-0.4, -0.2) is 45.5 Å². The Morgan fingerprint density at radius 1 is 1.21 bits per heavy atom. The number of nitro benzene ring substituents is 1. The van der Waals surface area contributed by atoms with Crippen LogP contribution in [0.4, 0.5) is 11.4 Å². The van der Waals surface area contributed by atoms with Gasteiger partial charge in [0.25, 0.3) is 5.69 Å². The van der Waals surface area contributed by atoms with Crippen molar-refractivity contribution in [2.45, 2.75) is 0 Å². The highest BCUT2D eigenvalue weighted by Crippen LogP contribution is 2.29. The van der Waals surface area contributed by atoms with Crippen molar-refractivity contribution in [3.63, 3.8) is 0 Å². The molecule has 1 rings (SSSR count). The van der Waals surface area contributed by atoms with Gasteiger partial charge in [0, 0.05) is 32.9 Å². The highest BCUT2D eigenvalue weighted by Gasteiger charge is 2.11. The quantitative estimate of drug-likeness (QED) is 0.417. The standard InChI is InChI=1S/C12H18N2O5/c1-17-6-5-13-11-9-10(14(15)16)3-4-12(11)19-8-7-18-2/h3-4,9,13H,5-8H2,1-2H3. The molecule has 0 aliphatic rings. The molecule has 1 aromatic rings. The first kappa shape index (κ1) is 15.2. The number of nitrogens with one attached hydrogen (secondary N) is 1. The van der Waals surface area contributed by atoms with E-state index in [1.807, 2.05) is 0 Å². The zero-order chi connectivity index (χ0) is 14.1. The van der Waals surface area contributed by atoms with Crippen molar-refractivity contribution in [3.8, 4) is 5.75 Å². The van der Waals surface area contributed by atoms with Gasteiger partial charge in [-0.05, 0) is 6.07 Å². The molecule has 7 nitrogen and oxygen atoms in total. The van der Waals surface area contributed by atoms with Gasteiger partial charge in [-0.2, -0.15) is 0 Å². The Morgan fingerprint density at radius 3 is 2.58 bits per heavy atom. The molecule has 0 aliphatic carbocycles. The van der Waals surface area contributed by atoms with E-state index in [2.05, 4.69) is 5.32 Å². The lowest BCUT2D eigenvalue weighted by Gasteiger charge is -2.12. The van der Waals surface area contributed by atoms with E-state index in [4.69, 9.17) is 14.2 Å². The van der Waals surface area contributed by atoms with Gasteiger partial charge in [0.1, 0.15) is 12.4 Å². The smallest absolute Gasteiger partial charge is 0.271 e. The van der Waals surface area contributed by atoms with Crippen LogP contribution in [-0.2, 0) is 9.47 Å². The molecule has 0 fully saturated rings. The third-order valence-electron chi connectivity index (χ3n) is 2.34. The van der Waals surface area contributed by atoms with Crippen LogP contribution in [0.25, 0.3) is 0 Å². The lowest BCUT2D eigenvalue weighted by Crippen LogP contribution is -2.11. The van der Waals surface area contributed by atoms with Crippen LogP contribution in [0.2, 0.25) is 0 Å². The summed E-state index contributed by atoms with van der Waals surface area (Å²) in [6.07, 6.45) is 0. The number of rotatable bonds is 9. The number of nitro groups is 1. The monoisotopic (exact) mass is 270 g/mol. The van der Waals surface area contributed by atoms with Crippen molar-refractivity contribution in [1.82, 2.24) is 0 Å². The van der Waals surface area contributed by atoms with E-state index < -0.39 is 4.92 Å². The van der Waals surface area contributed by atoms with Crippen molar-refractivity contribution >= 4 is 11.4 Å². The van der Waals surface area contributed by atoms with Crippen molar-refractivity contribution in [1.29, 1.82) is 0 Å². The fourth-order valence-corrected chi connectivity index (χ4v) is 1.42. The molecule has 0 unspecified atom stereocenters. The topological polar surface area (TPSA) is 82.9 Å². The van der Waals surface area contributed by atoms with Gasteiger partial charge in [-0.3, -0.25) is 10.1 Å². The maximum absolute atomic E-state index is 10.7. The number of hydrogen-bond acceptors (Lipinski definition) is 6. The van der Waals surface area contributed by atoms with Crippen LogP contribution in [0.1, 0.15) is 0 Å². The Hall–Kier alpha value is -1.86. The number of benzene rings is 1. The lowest BCUT2D eigenvalue weighted by atomic mass is 10.2. The van der Waals surface area contributed by atoms with E-state index in [-0.39, 0.29) is 5.69 Å². The van der Waals surface area contributed by atoms with Crippen LogP contribution < -0.4 is 10.1 Å². The predicted octanol–water partition coefficient (Wildman–Crippen LogP) is 1.68. The molecule has 7 heteroatoms. The van der Waals surface area contributed by atoms with E-state index in [0.29, 0.717) is 37.8 Å². The van der Waals surface area contributed by atoms with Crippen LogP contribution >= 0.6 is 0 Å². The van der Waals surface area contributed by atoms with Gasteiger partial charge in [0.2, 0.25) is 0 Å². The minimum atomic E-state index is -0.444. The summed E-state index contributed by atoms with van der Waals surface area (Å²) in [6.45, 7) is 1.88. The summed E-state index contributed by atoms with van der Waals surface area (Å²) < 4.78 is 15.3. The first-order valence-corrected chi connectivity index (χ1v) is 5.82. The molecule has 0 saturated carbocycles. The van der Waals surface area contributed by atoms with E-state index in [0.717, 1.165) is 0 Å². The average Bonchev–Trinajstić information content (AvgIpc) is 2.40. The summed E-state index contributed by atoms with van der Waals surface area (Å²) in [5.41, 5.74) is 0.585. The van der Waals surface area contributed by atoms with E-state index in [1.54, 1.807) is 20.3 Å². The highest BCUT2D eigenvalue weighted by molar-refractivity contribution is 5.61. The zero-order valence-corrected chi connectivity index (χ0v) is 11.0. The van der Waals surface area contributed by atoms with E-state index in [9.17, 15) is 10.1 Å². The van der Waals surface area contributed by atoms with Gasteiger partial charge in [-0.15, -0.1) is 0 Å². The Kier molecular flexibility index (Phi) is 6.62. The molecule has 0 atom stereocenters. The molecule has 1 N–H and O–H groups in total. The molecule has 106 valence electrons. The largest absolute Gasteiger partial charge is 0.489 e. The van der Waals surface area contributed by atoms with Gasteiger partial charge < -0.3 is 19.5 Å². The number of hydrogen-bond donors (Lipinski definition) is 1. The van der Waals surface area contributed by atoms with Gasteiger partial charge in [-0.1, -0.05) is 0 Å². The average molecular weight is 270 g/mol. The SMILES string of the molecule is COCCNc1cc([N+](=O)[O-])ccc1OCCOC. The number of nitrogens with zero attached hydrogens (tertiary/aromatic N) is 1. The van der Waals surface area contributed by atoms with Crippen LogP contribution in [0.5, 0.6) is 5.75 Å². The molecule has 0 bridgehead atoms. The van der Waals surface area contributed by atoms with E-state index in [1.165, 1.54) is 12.1 Å². The Labute approximate surface area is 111 Å². The fraction of sp³-hybridized carbons (Fsp3) is 0.500. The Morgan fingerprint density at radius 2 is 1.95 bits per heavy atom. The zero-order valence-electron chi connectivity index (χ0n) is 11.0. The molecule has 0 aromatic heterocycles. The Balaban J connectivity index is 2.78. The van der Waals surface area contributed by atoms with E-state index >= 15 is 0 Å². The Bertz CT molecular complexity index is 411. The van der Waals surface area contributed by atoms with Crippen molar-refractivity contribution < 1.29 is 19.1 Å². The van der Waals surface area contributed by atoms with Crippen LogP contribution in [0, 0.1) is 10.1 Å². The molecular weight excluding hydrogens is 252 g/mol.